The van der Waals surface area contributed by atoms with Gasteiger partial charge in [0.25, 0.3) is 0 Å². The van der Waals surface area contributed by atoms with Crippen molar-refractivity contribution in [3.05, 3.63) is 70.7 Å². The molecule has 0 spiro atoms. The van der Waals surface area contributed by atoms with Gasteiger partial charge in [-0.2, -0.15) is 0 Å². The van der Waals surface area contributed by atoms with E-state index in [0.29, 0.717) is 15.7 Å². The minimum absolute atomic E-state index is 0.00602. The van der Waals surface area contributed by atoms with Gasteiger partial charge in [0, 0.05) is 40.3 Å². The molecule has 29 heavy (non-hydrogen) atoms. The van der Waals surface area contributed by atoms with Crippen molar-refractivity contribution in [3.63, 3.8) is 0 Å². The average Bonchev–Trinajstić information content (AvgIpc) is 2.74. The van der Waals surface area contributed by atoms with Crippen LogP contribution in [0.5, 0.6) is 0 Å². The van der Waals surface area contributed by atoms with Crippen LogP contribution in [-0.4, -0.2) is 29.2 Å². The Kier molecular flexibility index (Phi) is 5.97. The van der Waals surface area contributed by atoms with Gasteiger partial charge in [0.15, 0.2) is 5.82 Å². The van der Waals surface area contributed by atoms with Crippen LogP contribution in [-0.2, 0) is 4.79 Å². The number of hydrogen-bond donors (Lipinski definition) is 1. The summed E-state index contributed by atoms with van der Waals surface area (Å²) in [6.45, 7) is 1.52. The van der Waals surface area contributed by atoms with E-state index in [2.05, 4.69) is 20.4 Å². The first-order chi connectivity index (χ1) is 14.1. The second kappa shape index (κ2) is 8.80. The van der Waals surface area contributed by atoms with Gasteiger partial charge >= 0.3 is 0 Å². The minimum atomic E-state index is -0.0550. The van der Waals surface area contributed by atoms with Crippen molar-refractivity contribution in [2.24, 2.45) is 5.92 Å². The lowest BCUT2D eigenvalue weighted by atomic mass is 9.96. The van der Waals surface area contributed by atoms with E-state index in [1.165, 1.54) is 0 Å². The summed E-state index contributed by atoms with van der Waals surface area (Å²) in [4.78, 5) is 14.8. The van der Waals surface area contributed by atoms with E-state index in [1.54, 1.807) is 18.2 Å². The van der Waals surface area contributed by atoms with E-state index in [-0.39, 0.29) is 11.8 Å². The van der Waals surface area contributed by atoms with Gasteiger partial charge in [-0.25, -0.2) is 0 Å². The van der Waals surface area contributed by atoms with Gasteiger partial charge in [-0.1, -0.05) is 53.5 Å². The lowest BCUT2D eigenvalue weighted by Crippen LogP contribution is -2.38. The van der Waals surface area contributed by atoms with Crippen molar-refractivity contribution in [2.75, 3.05) is 23.3 Å². The number of amides is 1. The minimum Gasteiger partial charge on any atom is -0.355 e. The third kappa shape index (κ3) is 4.86. The van der Waals surface area contributed by atoms with Gasteiger partial charge < -0.3 is 10.2 Å². The molecule has 2 aromatic carbocycles. The molecule has 148 valence electrons. The summed E-state index contributed by atoms with van der Waals surface area (Å²) in [7, 11) is 0. The summed E-state index contributed by atoms with van der Waals surface area (Å²) in [6, 6.07) is 19.0. The number of benzene rings is 2. The first-order valence-corrected chi connectivity index (χ1v) is 10.2. The van der Waals surface area contributed by atoms with E-state index in [1.807, 2.05) is 42.5 Å². The van der Waals surface area contributed by atoms with Crippen LogP contribution in [0.15, 0.2) is 60.7 Å². The monoisotopic (exact) mass is 426 g/mol. The Morgan fingerprint density at radius 2 is 1.62 bits per heavy atom. The fraction of sp³-hybridized carbons (Fsp3) is 0.227. The Labute approximate surface area is 179 Å². The number of nitrogens with one attached hydrogen (secondary N) is 1. The molecular weight excluding hydrogens is 407 g/mol. The van der Waals surface area contributed by atoms with E-state index >= 15 is 0 Å². The van der Waals surface area contributed by atoms with Crippen LogP contribution >= 0.6 is 23.2 Å². The molecular formula is C22H20Cl2N4O. The van der Waals surface area contributed by atoms with Crippen LogP contribution < -0.4 is 10.2 Å². The number of hydrogen-bond acceptors (Lipinski definition) is 4. The smallest absolute Gasteiger partial charge is 0.227 e. The molecule has 3 aromatic rings. The number of nitrogens with zero attached hydrogens (tertiary/aromatic N) is 3. The van der Waals surface area contributed by atoms with Crippen molar-refractivity contribution in [1.82, 2.24) is 10.2 Å². The standard InChI is InChI=1S/C22H20Cl2N4O/c23-17-12-18(24)14-19(13-17)25-22(29)16-8-10-28(11-9-16)21-7-6-20(26-27-21)15-4-2-1-3-5-15/h1-7,12-14,16H,8-11H2,(H,25,29). The first kappa shape index (κ1) is 19.7. The lowest BCUT2D eigenvalue weighted by molar-refractivity contribution is -0.120. The predicted octanol–water partition coefficient (Wildman–Crippen LogP) is 5.31. The lowest BCUT2D eigenvalue weighted by Gasteiger charge is -2.31. The molecule has 1 N–H and O–H groups in total. The largest absolute Gasteiger partial charge is 0.355 e. The van der Waals surface area contributed by atoms with Gasteiger partial charge in [0.05, 0.1) is 5.69 Å². The maximum Gasteiger partial charge on any atom is 0.227 e. The van der Waals surface area contributed by atoms with Crippen molar-refractivity contribution in [2.45, 2.75) is 12.8 Å². The summed E-state index contributed by atoms with van der Waals surface area (Å²) in [5.41, 5.74) is 2.52. The molecule has 0 aliphatic carbocycles. The topological polar surface area (TPSA) is 58.1 Å². The van der Waals surface area contributed by atoms with Crippen LogP contribution in [0.3, 0.4) is 0 Å². The Morgan fingerprint density at radius 3 is 2.24 bits per heavy atom. The normalized spacial score (nSPS) is 14.6. The molecule has 1 saturated heterocycles. The number of rotatable bonds is 4. The van der Waals surface area contributed by atoms with Crippen molar-refractivity contribution in [1.29, 1.82) is 0 Å². The average molecular weight is 427 g/mol. The number of anilines is 2. The van der Waals surface area contributed by atoms with E-state index < -0.39 is 0 Å². The molecule has 5 nitrogen and oxygen atoms in total. The van der Waals surface area contributed by atoms with Crippen molar-refractivity contribution < 1.29 is 4.79 Å². The van der Waals surface area contributed by atoms with Crippen molar-refractivity contribution >= 4 is 40.6 Å². The highest BCUT2D eigenvalue weighted by atomic mass is 35.5. The van der Waals surface area contributed by atoms with Crippen LogP contribution in [0, 0.1) is 5.92 Å². The molecule has 0 radical (unpaired) electrons. The molecule has 1 fully saturated rings. The number of carbonyl (C=O) groups is 1. The number of halogens is 2. The molecule has 0 saturated carbocycles. The number of carbonyl (C=O) groups excluding carboxylic acids is 1. The summed E-state index contributed by atoms with van der Waals surface area (Å²) >= 11 is 12.0. The molecule has 1 amide bonds. The maximum absolute atomic E-state index is 12.6. The molecule has 1 aliphatic heterocycles. The Morgan fingerprint density at radius 1 is 0.931 bits per heavy atom. The highest BCUT2D eigenvalue weighted by molar-refractivity contribution is 6.35. The van der Waals surface area contributed by atoms with Gasteiger partial charge in [-0.15, -0.1) is 10.2 Å². The van der Waals surface area contributed by atoms with Crippen LogP contribution in [0.25, 0.3) is 11.3 Å². The molecule has 1 aliphatic rings. The molecule has 1 aromatic heterocycles. The SMILES string of the molecule is O=C(Nc1cc(Cl)cc(Cl)c1)C1CCN(c2ccc(-c3ccccc3)nn2)CC1. The highest BCUT2D eigenvalue weighted by Crippen LogP contribution is 2.26. The fourth-order valence-corrected chi connectivity index (χ4v) is 4.02. The summed E-state index contributed by atoms with van der Waals surface area (Å²) < 4.78 is 0. The first-order valence-electron chi connectivity index (χ1n) is 9.49. The zero-order valence-electron chi connectivity index (χ0n) is 15.7. The Balaban J connectivity index is 1.35. The summed E-state index contributed by atoms with van der Waals surface area (Å²) in [5.74, 6) is 0.777. The number of piperidine rings is 1. The third-order valence-electron chi connectivity index (χ3n) is 5.04. The van der Waals surface area contributed by atoms with E-state index in [9.17, 15) is 4.79 Å². The predicted molar refractivity (Wildman–Crippen MR) is 117 cm³/mol. The van der Waals surface area contributed by atoms with Crippen molar-refractivity contribution in [3.8, 4) is 11.3 Å². The molecule has 0 unspecified atom stereocenters. The third-order valence-corrected chi connectivity index (χ3v) is 5.48. The van der Waals surface area contributed by atoms with Gasteiger partial charge in [0.1, 0.15) is 0 Å². The molecule has 4 rings (SSSR count). The van der Waals surface area contributed by atoms with E-state index in [4.69, 9.17) is 23.2 Å². The van der Waals surface area contributed by atoms with Crippen LogP contribution in [0.2, 0.25) is 10.0 Å². The zero-order valence-corrected chi connectivity index (χ0v) is 17.2. The molecule has 0 bridgehead atoms. The molecule has 0 atom stereocenters. The maximum atomic E-state index is 12.6. The Bertz CT molecular complexity index is 967. The summed E-state index contributed by atoms with van der Waals surface area (Å²) in [5, 5.41) is 12.7. The fourth-order valence-electron chi connectivity index (χ4n) is 3.50. The zero-order chi connectivity index (χ0) is 20.2. The van der Waals surface area contributed by atoms with Gasteiger partial charge in [-0.05, 0) is 43.2 Å². The van der Waals surface area contributed by atoms with Gasteiger partial charge in [0.2, 0.25) is 5.91 Å². The quantitative estimate of drug-likeness (QED) is 0.614. The number of aromatic nitrogens is 2. The second-order valence-corrected chi connectivity index (χ2v) is 7.92. The van der Waals surface area contributed by atoms with E-state index in [0.717, 1.165) is 43.0 Å². The van der Waals surface area contributed by atoms with Crippen LogP contribution in [0.1, 0.15) is 12.8 Å². The highest BCUT2D eigenvalue weighted by Gasteiger charge is 2.26. The summed E-state index contributed by atoms with van der Waals surface area (Å²) in [6.07, 6.45) is 1.50. The van der Waals surface area contributed by atoms with Gasteiger partial charge in [-0.3, -0.25) is 4.79 Å². The second-order valence-electron chi connectivity index (χ2n) is 7.05. The Hall–Kier alpha value is -2.63. The van der Waals surface area contributed by atoms with Crippen LogP contribution in [0.4, 0.5) is 11.5 Å². The molecule has 2 heterocycles. The molecule has 7 heteroatoms.